The lowest BCUT2D eigenvalue weighted by atomic mass is 9.83. The smallest absolute Gasteiger partial charge is 0.115 e. The molecule has 1 heterocycles. The van der Waals surface area contributed by atoms with Crippen LogP contribution in [0, 0.1) is 5.92 Å². The molecule has 0 aliphatic rings. The first-order valence-electron chi connectivity index (χ1n) is 4.69. The number of nitrogens with zero attached hydrogens (tertiary/aromatic N) is 2. The van der Waals surface area contributed by atoms with E-state index in [9.17, 15) is 5.11 Å². The van der Waals surface area contributed by atoms with E-state index in [1.807, 2.05) is 13.8 Å². The zero-order valence-electron chi connectivity index (χ0n) is 8.81. The first-order valence-corrected chi connectivity index (χ1v) is 4.69. The Morgan fingerprint density at radius 2 is 1.86 bits per heavy atom. The fraction of sp³-hybridized carbons (Fsp3) is 0.600. The van der Waals surface area contributed by atoms with Gasteiger partial charge in [-0.3, -0.25) is 0 Å². The second kappa shape index (κ2) is 4.02. The van der Waals surface area contributed by atoms with E-state index in [0.29, 0.717) is 0 Å². The van der Waals surface area contributed by atoms with Crippen molar-refractivity contribution in [1.29, 1.82) is 0 Å². The average Bonchev–Trinajstić information content (AvgIpc) is 2.17. The van der Waals surface area contributed by atoms with E-state index in [4.69, 9.17) is 5.73 Å². The topological polar surface area (TPSA) is 72.0 Å². The molecule has 1 rings (SSSR count). The monoisotopic (exact) mass is 195 g/mol. The van der Waals surface area contributed by atoms with Crippen molar-refractivity contribution in [2.45, 2.75) is 32.4 Å². The molecule has 3 N–H and O–H groups in total. The Balaban J connectivity index is 2.90. The standard InChI is InChI=1S/C10H17N3O/c1-7(2)10(3,14)9(11)8-4-12-6-13-5-8/h4-7,9,14H,11H2,1-3H3. The number of aromatic nitrogens is 2. The van der Waals surface area contributed by atoms with Gasteiger partial charge in [0.05, 0.1) is 11.6 Å². The van der Waals surface area contributed by atoms with E-state index in [2.05, 4.69) is 9.97 Å². The van der Waals surface area contributed by atoms with Gasteiger partial charge in [0.25, 0.3) is 0 Å². The summed E-state index contributed by atoms with van der Waals surface area (Å²) >= 11 is 0. The Kier molecular flexibility index (Phi) is 3.18. The van der Waals surface area contributed by atoms with E-state index < -0.39 is 11.6 Å². The van der Waals surface area contributed by atoms with Gasteiger partial charge in [0.2, 0.25) is 0 Å². The Morgan fingerprint density at radius 1 is 1.36 bits per heavy atom. The summed E-state index contributed by atoms with van der Waals surface area (Å²) in [5.41, 5.74) is 5.76. The molecule has 14 heavy (non-hydrogen) atoms. The molecule has 0 spiro atoms. The van der Waals surface area contributed by atoms with Crippen LogP contribution in [0.25, 0.3) is 0 Å². The van der Waals surface area contributed by atoms with Gasteiger partial charge in [-0.2, -0.15) is 0 Å². The molecule has 78 valence electrons. The van der Waals surface area contributed by atoms with E-state index in [0.717, 1.165) is 5.56 Å². The third kappa shape index (κ3) is 2.08. The van der Waals surface area contributed by atoms with Gasteiger partial charge < -0.3 is 10.8 Å². The van der Waals surface area contributed by atoms with Gasteiger partial charge >= 0.3 is 0 Å². The van der Waals surface area contributed by atoms with Crippen LogP contribution in [0.5, 0.6) is 0 Å². The van der Waals surface area contributed by atoms with Gasteiger partial charge in [0.1, 0.15) is 6.33 Å². The van der Waals surface area contributed by atoms with Crippen LogP contribution in [0.15, 0.2) is 18.7 Å². The molecule has 0 saturated heterocycles. The summed E-state index contributed by atoms with van der Waals surface area (Å²) in [7, 11) is 0. The molecule has 0 saturated carbocycles. The van der Waals surface area contributed by atoms with Crippen LogP contribution in [0.4, 0.5) is 0 Å². The summed E-state index contributed by atoms with van der Waals surface area (Å²) < 4.78 is 0. The van der Waals surface area contributed by atoms with Gasteiger partial charge in [-0.05, 0) is 12.8 Å². The quantitative estimate of drug-likeness (QED) is 0.751. The lowest BCUT2D eigenvalue weighted by Crippen LogP contribution is -2.42. The normalized spacial score (nSPS) is 17.9. The predicted molar refractivity (Wildman–Crippen MR) is 54.4 cm³/mol. The molecule has 0 fully saturated rings. The van der Waals surface area contributed by atoms with Crippen molar-refractivity contribution in [2.75, 3.05) is 0 Å². The van der Waals surface area contributed by atoms with Gasteiger partial charge in [0.15, 0.2) is 0 Å². The van der Waals surface area contributed by atoms with E-state index >= 15 is 0 Å². The fourth-order valence-corrected chi connectivity index (χ4v) is 1.17. The minimum Gasteiger partial charge on any atom is -0.388 e. The van der Waals surface area contributed by atoms with Crippen LogP contribution in [-0.2, 0) is 0 Å². The summed E-state index contributed by atoms with van der Waals surface area (Å²) in [6, 6.07) is -0.455. The highest BCUT2D eigenvalue weighted by Gasteiger charge is 2.33. The van der Waals surface area contributed by atoms with Crippen LogP contribution in [0.1, 0.15) is 32.4 Å². The molecule has 1 aromatic heterocycles. The average molecular weight is 195 g/mol. The van der Waals surface area contributed by atoms with Crippen molar-refractivity contribution < 1.29 is 5.11 Å². The van der Waals surface area contributed by atoms with Gasteiger partial charge in [0, 0.05) is 18.0 Å². The molecule has 4 nitrogen and oxygen atoms in total. The van der Waals surface area contributed by atoms with Crippen molar-refractivity contribution in [3.8, 4) is 0 Å². The highest BCUT2D eigenvalue weighted by Crippen LogP contribution is 2.28. The Hall–Kier alpha value is -1.00. The van der Waals surface area contributed by atoms with E-state index in [1.165, 1.54) is 6.33 Å². The van der Waals surface area contributed by atoms with Gasteiger partial charge in [-0.25, -0.2) is 9.97 Å². The molecule has 1 aromatic rings. The zero-order valence-corrected chi connectivity index (χ0v) is 8.81. The molecule has 2 atom stereocenters. The Morgan fingerprint density at radius 3 is 2.29 bits per heavy atom. The summed E-state index contributed by atoms with van der Waals surface area (Å²) in [6.07, 6.45) is 4.71. The largest absolute Gasteiger partial charge is 0.388 e. The molecule has 4 heteroatoms. The molecule has 0 aliphatic carbocycles. The number of hydrogen-bond donors (Lipinski definition) is 2. The summed E-state index contributed by atoms with van der Waals surface area (Å²) in [6.45, 7) is 5.60. The second-order valence-corrected chi connectivity index (χ2v) is 4.03. The number of nitrogens with two attached hydrogens (primary N) is 1. The molecule has 0 bridgehead atoms. The maximum absolute atomic E-state index is 10.1. The predicted octanol–water partition coefficient (Wildman–Crippen LogP) is 0.883. The van der Waals surface area contributed by atoms with Crippen molar-refractivity contribution in [2.24, 2.45) is 11.7 Å². The number of hydrogen-bond acceptors (Lipinski definition) is 4. The molecule has 0 amide bonds. The molecule has 0 aliphatic heterocycles. The van der Waals surface area contributed by atoms with Crippen LogP contribution in [0.3, 0.4) is 0 Å². The van der Waals surface area contributed by atoms with E-state index in [1.54, 1.807) is 19.3 Å². The minimum atomic E-state index is -0.940. The van der Waals surface area contributed by atoms with Gasteiger partial charge in [-0.1, -0.05) is 13.8 Å². The molecule has 0 aromatic carbocycles. The number of aliphatic hydroxyl groups is 1. The lowest BCUT2D eigenvalue weighted by Gasteiger charge is -2.33. The molecule has 0 radical (unpaired) electrons. The van der Waals surface area contributed by atoms with Crippen LogP contribution >= 0.6 is 0 Å². The van der Waals surface area contributed by atoms with E-state index in [-0.39, 0.29) is 5.92 Å². The number of rotatable bonds is 3. The maximum atomic E-state index is 10.1. The van der Waals surface area contributed by atoms with Crippen LogP contribution in [0.2, 0.25) is 0 Å². The summed E-state index contributed by atoms with van der Waals surface area (Å²) in [5.74, 6) is 0.0812. The van der Waals surface area contributed by atoms with Gasteiger partial charge in [-0.15, -0.1) is 0 Å². The molecular weight excluding hydrogens is 178 g/mol. The SMILES string of the molecule is CC(C)C(C)(O)C(N)c1cncnc1. The first-order chi connectivity index (χ1) is 6.46. The zero-order chi connectivity index (χ0) is 10.8. The third-order valence-electron chi connectivity index (χ3n) is 2.74. The Bertz CT molecular complexity index is 285. The highest BCUT2D eigenvalue weighted by atomic mass is 16.3. The molecule has 2 unspecified atom stereocenters. The third-order valence-corrected chi connectivity index (χ3v) is 2.74. The van der Waals surface area contributed by atoms with Crippen molar-refractivity contribution >= 4 is 0 Å². The van der Waals surface area contributed by atoms with Crippen LogP contribution in [-0.4, -0.2) is 20.7 Å². The van der Waals surface area contributed by atoms with Crippen LogP contribution < -0.4 is 5.73 Å². The highest BCUT2D eigenvalue weighted by molar-refractivity contribution is 5.13. The summed E-state index contributed by atoms with van der Waals surface area (Å²) in [5, 5.41) is 10.1. The second-order valence-electron chi connectivity index (χ2n) is 4.03. The minimum absolute atomic E-state index is 0.0812. The molecular formula is C10H17N3O. The maximum Gasteiger partial charge on any atom is 0.115 e. The lowest BCUT2D eigenvalue weighted by molar-refractivity contribution is -0.0120. The summed E-state index contributed by atoms with van der Waals surface area (Å²) in [4.78, 5) is 7.75. The van der Waals surface area contributed by atoms with Crippen molar-refractivity contribution in [3.63, 3.8) is 0 Å². The fourth-order valence-electron chi connectivity index (χ4n) is 1.17. The Labute approximate surface area is 84.2 Å². The first kappa shape index (κ1) is 11.1. The van der Waals surface area contributed by atoms with Crippen molar-refractivity contribution in [1.82, 2.24) is 9.97 Å². The van der Waals surface area contributed by atoms with Crippen molar-refractivity contribution in [3.05, 3.63) is 24.3 Å².